The third kappa shape index (κ3) is 4.35. The summed E-state index contributed by atoms with van der Waals surface area (Å²) in [6.07, 6.45) is 11.9. The van der Waals surface area contributed by atoms with Crippen LogP contribution in [0.1, 0.15) is 99.8 Å². The van der Waals surface area contributed by atoms with Crippen molar-refractivity contribution in [2.75, 3.05) is 0 Å². The predicted octanol–water partition coefficient (Wildman–Crippen LogP) is 7.57. The van der Waals surface area contributed by atoms with Crippen LogP contribution in [0.25, 0.3) is 0 Å². The first-order valence-corrected chi connectivity index (χ1v) is 10.8. The lowest BCUT2D eigenvalue weighted by molar-refractivity contribution is 0.200. The molecule has 136 valence electrons. The Balaban J connectivity index is 1.97. The Morgan fingerprint density at radius 2 is 1.70 bits per heavy atom. The number of hydrogen-bond acceptors (Lipinski definition) is 0. The molecule has 23 heavy (non-hydrogen) atoms. The Morgan fingerprint density at radius 3 is 2.26 bits per heavy atom. The average molecular weight is 321 g/mol. The average Bonchev–Trinajstić information content (AvgIpc) is 3.00. The van der Waals surface area contributed by atoms with Gasteiger partial charge in [-0.15, -0.1) is 0 Å². The van der Waals surface area contributed by atoms with Crippen LogP contribution >= 0.6 is 0 Å². The van der Waals surface area contributed by atoms with Crippen LogP contribution in [0.2, 0.25) is 0 Å². The summed E-state index contributed by atoms with van der Waals surface area (Å²) in [5.74, 6) is 6.76. The molecule has 0 aliphatic heterocycles. The second kappa shape index (κ2) is 7.92. The molecule has 0 heteroatoms. The summed E-state index contributed by atoms with van der Waals surface area (Å²) in [5, 5.41) is 0. The molecule has 0 radical (unpaired) electrons. The van der Waals surface area contributed by atoms with Crippen molar-refractivity contribution in [1.29, 1.82) is 0 Å². The topological polar surface area (TPSA) is 0 Å². The standard InChI is InChI=1S/C23H44/c1-8-9-10-18(6)23(14-16(2)3)15-22(23)21-12-11-20(13-21)19(7)17(4)5/h16-22H,8-15H2,1-7H3. The molecule has 2 aliphatic rings. The van der Waals surface area contributed by atoms with Gasteiger partial charge in [-0.25, -0.2) is 0 Å². The van der Waals surface area contributed by atoms with Crippen LogP contribution < -0.4 is 0 Å². The summed E-state index contributed by atoms with van der Waals surface area (Å²) in [5.41, 5.74) is 0.726. The van der Waals surface area contributed by atoms with E-state index in [0.29, 0.717) is 0 Å². The highest BCUT2D eigenvalue weighted by Crippen LogP contribution is 2.68. The lowest BCUT2D eigenvalue weighted by atomic mass is 9.76. The van der Waals surface area contributed by atoms with Crippen LogP contribution in [0, 0.1) is 46.8 Å². The molecule has 6 unspecified atom stereocenters. The minimum atomic E-state index is 0.726. The molecular formula is C23H44. The van der Waals surface area contributed by atoms with Gasteiger partial charge in [-0.3, -0.25) is 0 Å². The molecule has 6 atom stereocenters. The summed E-state index contributed by atoms with van der Waals surface area (Å²) in [4.78, 5) is 0. The van der Waals surface area contributed by atoms with Crippen molar-refractivity contribution in [2.24, 2.45) is 46.8 Å². The molecule has 0 bridgehead atoms. The highest BCUT2D eigenvalue weighted by atomic mass is 14.6. The van der Waals surface area contributed by atoms with Gasteiger partial charge in [0.25, 0.3) is 0 Å². The molecule has 0 spiro atoms. The molecule has 0 amide bonds. The molecule has 0 nitrogen and oxygen atoms in total. The second-order valence-corrected chi connectivity index (χ2v) is 10.1. The van der Waals surface area contributed by atoms with Crippen LogP contribution in [-0.4, -0.2) is 0 Å². The Bertz CT molecular complexity index is 355. The zero-order chi connectivity index (χ0) is 17.2. The Hall–Kier alpha value is 0. The first-order valence-electron chi connectivity index (χ1n) is 10.8. The van der Waals surface area contributed by atoms with Crippen molar-refractivity contribution >= 4 is 0 Å². The minimum absolute atomic E-state index is 0.726. The normalized spacial score (nSPS) is 36.7. The molecule has 0 saturated heterocycles. The Labute approximate surface area is 147 Å². The van der Waals surface area contributed by atoms with Gasteiger partial charge in [-0.2, -0.15) is 0 Å². The van der Waals surface area contributed by atoms with Crippen LogP contribution in [0.3, 0.4) is 0 Å². The maximum Gasteiger partial charge on any atom is -0.0235 e. The third-order valence-corrected chi connectivity index (χ3v) is 7.82. The Kier molecular flexibility index (Phi) is 6.66. The fourth-order valence-corrected chi connectivity index (χ4v) is 5.99. The monoisotopic (exact) mass is 320 g/mol. The van der Waals surface area contributed by atoms with Crippen molar-refractivity contribution in [1.82, 2.24) is 0 Å². The fraction of sp³-hybridized carbons (Fsp3) is 1.00. The van der Waals surface area contributed by atoms with Gasteiger partial charge in [0.1, 0.15) is 0 Å². The molecule has 0 aromatic rings. The molecule has 0 aromatic heterocycles. The van der Waals surface area contributed by atoms with Crippen molar-refractivity contribution in [3.63, 3.8) is 0 Å². The molecular weight excluding hydrogens is 276 g/mol. The minimum Gasteiger partial charge on any atom is -0.0654 e. The van der Waals surface area contributed by atoms with Crippen LogP contribution in [0.15, 0.2) is 0 Å². The van der Waals surface area contributed by atoms with Gasteiger partial charge in [0.2, 0.25) is 0 Å². The van der Waals surface area contributed by atoms with Gasteiger partial charge in [-0.1, -0.05) is 67.7 Å². The van der Waals surface area contributed by atoms with Gasteiger partial charge in [-0.05, 0) is 78.9 Å². The van der Waals surface area contributed by atoms with Gasteiger partial charge < -0.3 is 0 Å². The summed E-state index contributed by atoms with van der Waals surface area (Å²) >= 11 is 0. The van der Waals surface area contributed by atoms with Crippen LogP contribution in [0.4, 0.5) is 0 Å². The fourth-order valence-electron chi connectivity index (χ4n) is 5.99. The second-order valence-electron chi connectivity index (χ2n) is 10.1. The Morgan fingerprint density at radius 1 is 1.00 bits per heavy atom. The molecule has 2 rings (SSSR count). The first kappa shape index (κ1) is 19.3. The van der Waals surface area contributed by atoms with E-state index in [4.69, 9.17) is 0 Å². The highest BCUT2D eigenvalue weighted by Gasteiger charge is 2.60. The predicted molar refractivity (Wildman–Crippen MR) is 104 cm³/mol. The van der Waals surface area contributed by atoms with E-state index < -0.39 is 0 Å². The maximum absolute atomic E-state index is 2.58. The van der Waals surface area contributed by atoms with E-state index in [1.165, 1.54) is 38.5 Å². The van der Waals surface area contributed by atoms with Crippen molar-refractivity contribution in [3.8, 4) is 0 Å². The van der Waals surface area contributed by atoms with E-state index in [0.717, 1.165) is 46.8 Å². The first-order chi connectivity index (χ1) is 10.8. The van der Waals surface area contributed by atoms with Gasteiger partial charge >= 0.3 is 0 Å². The molecule has 2 fully saturated rings. The molecule has 0 N–H and O–H groups in total. The van der Waals surface area contributed by atoms with E-state index in [1.807, 2.05) is 0 Å². The van der Waals surface area contributed by atoms with E-state index in [-0.39, 0.29) is 0 Å². The van der Waals surface area contributed by atoms with E-state index in [9.17, 15) is 0 Å². The molecule has 2 aliphatic carbocycles. The number of rotatable bonds is 9. The quantitative estimate of drug-likeness (QED) is 0.411. The van der Waals surface area contributed by atoms with Crippen molar-refractivity contribution in [2.45, 2.75) is 99.8 Å². The largest absolute Gasteiger partial charge is 0.0654 e. The zero-order valence-corrected chi connectivity index (χ0v) is 17.2. The summed E-state index contributed by atoms with van der Waals surface area (Å²) in [6.45, 7) is 17.2. The third-order valence-electron chi connectivity index (χ3n) is 7.82. The van der Waals surface area contributed by atoms with Gasteiger partial charge in [0.05, 0.1) is 0 Å². The van der Waals surface area contributed by atoms with Crippen molar-refractivity contribution in [3.05, 3.63) is 0 Å². The van der Waals surface area contributed by atoms with Gasteiger partial charge in [0, 0.05) is 0 Å². The van der Waals surface area contributed by atoms with E-state index in [2.05, 4.69) is 48.5 Å². The lowest BCUT2D eigenvalue weighted by Gasteiger charge is -2.29. The highest BCUT2D eigenvalue weighted by molar-refractivity contribution is 5.09. The summed E-state index contributed by atoms with van der Waals surface area (Å²) in [6, 6.07) is 0. The van der Waals surface area contributed by atoms with E-state index in [1.54, 1.807) is 12.8 Å². The summed E-state index contributed by atoms with van der Waals surface area (Å²) < 4.78 is 0. The van der Waals surface area contributed by atoms with E-state index >= 15 is 0 Å². The van der Waals surface area contributed by atoms with Gasteiger partial charge in [0.15, 0.2) is 0 Å². The molecule has 0 heterocycles. The number of unbranched alkanes of at least 4 members (excludes halogenated alkanes) is 1. The SMILES string of the molecule is CCCCC(C)C1(CC(C)C)CC1C1CCC(C(C)C(C)C)C1. The van der Waals surface area contributed by atoms with Crippen molar-refractivity contribution < 1.29 is 0 Å². The van der Waals surface area contributed by atoms with Crippen LogP contribution in [-0.2, 0) is 0 Å². The van der Waals surface area contributed by atoms with Crippen LogP contribution in [0.5, 0.6) is 0 Å². The summed E-state index contributed by atoms with van der Waals surface area (Å²) in [7, 11) is 0. The maximum atomic E-state index is 2.58. The smallest absolute Gasteiger partial charge is 0.0235 e. The molecule has 0 aromatic carbocycles. The molecule has 2 saturated carbocycles. The number of hydrogen-bond donors (Lipinski definition) is 0. The lowest BCUT2D eigenvalue weighted by Crippen LogP contribution is -2.21. The zero-order valence-electron chi connectivity index (χ0n) is 17.2.